The molecule has 2 rings (SSSR count). The van der Waals surface area contributed by atoms with E-state index in [0.717, 1.165) is 6.26 Å². The monoisotopic (exact) mass is 269 g/mol. The van der Waals surface area contributed by atoms with Crippen LogP contribution in [0.3, 0.4) is 0 Å². The molecule has 1 heterocycles. The molecular weight excluding hydrogens is 257 g/mol. The molecule has 0 aliphatic carbocycles. The van der Waals surface area contributed by atoms with Crippen LogP contribution in [-0.2, 0) is 16.9 Å². The SMILES string of the molecule is Cn1nc(-c2c(F)cccc2S(C)(=O)=O)cc1N. The van der Waals surface area contributed by atoms with Gasteiger partial charge in [0.2, 0.25) is 0 Å². The van der Waals surface area contributed by atoms with Gasteiger partial charge in [-0.25, -0.2) is 12.8 Å². The van der Waals surface area contributed by atoms with Gasteiger partial charge in [-0.1, -0.05) is 6.07 Å². The average molecular weight is 269 g/mol. The second-order valence-electron chi connectivity index (χ2n) is 3.96. The van der Waals surface area contributed by atoms with Gasteiger partial charge in [0.15, 0.2) is 9.84 Å². The first-order valence-electron chi connectivity index (χ1n) is 5.09. The minimum absolute atomic E-state index is 0.0488. The van der Waals surface area contributed by atoms with Crippen molar-refractivity contribution in [2.45, 2.75) is 4.90 Å². The third kappa shape index (κ3) is 2.08. The largest absolute Gasteiger partial charge is 0.384 e. The molecule has 0 aliphatic heterocycles. The first-order chi connectivity index (χ1) is 8.30. The van der Waals surface area contributed by atoms with Gasteiger partial charge in [-0.15, -0.1) is 0 Å². The zero-order valence-electron chi connectivity index (χ0n) is 9.88. The number of sulfone groups is 1. The van der Waals surface area contributed by atoms with Gasteiger partial charge < -0.3 is 5.73 Å². The standard InChI is InChI=1S/C11H12FN3O2S/c1-15-10(13)6-8(14-15)11-7(12)4-3-5-9(11)18(2,16)17/h3-6H,13H2,1-2H3. The van der Waals surface area contributed by atoms with Crippen LogP contribution in [-0.4, -0.2) is 24.5 Å². The Morgan fingerprint density at radius 1 is 1.39 bits per heavy atom. The summed E-state index contributed by atoms with van der Waals surface area (Å²) in [5.41, 5.74) is 5.77. The number of halogens is 1. The van der Waals surface area contributed by atoms with Crippen molar-refractivity contribution in [3.63, 3.8) is 0 Å². The summed E-state index contributed by atoms with van der Waals surface area (Å²) in [5, 5.41) is 4.00. The number of aryl methyl sites for hydroxylation is 1. The van der Waals surface area contributed by atoms with Crippen LogP contribution in [0.15, 0.2) is 29.2 Å². The molecule has 7 heteroatoms. The van der Waals surface area contributed by atoms with Crippen molar-refractivity contribution in [2.75, 3.05) is 12.0 Å². The lowest BCUT2D eigenvalue weighted by Gasteiger charge is -2.06. The van der Waals surface area contributed by atoms with E-state index in [0.29, 0.717) is 5.82 Å². The van der Waals surface area contributed by atoms with Crippen LogP contribution >= 0.6 is 0 Å². The lowest BCUT2D eigenvalue weighted by Crippen LogP contribution is -2.02. The summed E-state index contributed by atoms with van der Waals surface area (Å²) >= 11 is 0. The zero-order chi connectivity index (χ0) is 13.5. The number of benzene rings is 1. The van der Waals surface area contributed by atoms with Crippen molar-refractivity contribution >= 4 is 15.7 Å². The number of nitrogens with zero attached hydrogens (tertiary/aromatic N) is 2. The number of anilines is 1. The summed E-state index contributed by atoms with van der Waals surface area (Å²) in [6.45, 7) is 0. The van der Waals surface area contributed by atoms with E-state index >= 15 is 0 Å². The molecule has 0 spiro atoms. The van der Waals surface area contributed by atoms with E-state index in [-0.39, 0.29) is 16.2 Å². The highest BCUT2D eigenvalue weighted by Crippen LogP contribution is 2.29. The summed E-state index contributed by atoms with van der Waals surface area (Å²) in [5.74, 6) is -0.316. The normalized spacial score (nSPS) is 11.7. The average Bonchev–Trinajstić information content (AvgIpc) is 2.57. The van der Waals surface area contributed by atoms with Crippen molar-refractivity contribution in [2.24, 2.45) is 7.05 Å². The van der Waals surface area contributed by atoms with Gasteiger partial charge in [-0.3, -0.25) is 4.68 Å². The molecule has 0 atom stereocenters. The number of rotatable bonds is 2. The van der Waals surface area contributed by atoms with Crippen molar-refractivity contribution in [3.8, 4) is 11.3 Å². The second-order valence-corrected chi connectivity index (χ2v) is 5.95. The minimum atomic E-state index is -3.54. The van der Waals surface area contributed by atoms with Crippen LogP contribution in [0, 0.1) is 5.82 Å². The van der Waals surface area contributed by atoms with Gasteiger partial charge in [-0.2, -0.15) is 5.10 Å². The van der Waals surface area contributed by atoms with Gasteiger partial charge in [0.25, 0.3) is 0 Å². The minimum Gasteiger partial charge on any atom is -0.384 e. The quantitative estimate of drug-likeness (QED) is 0.889. The molecule has 0 saturated carbocycles. The fraction of sp³-hybridized carbons (Fsp3) is 0.182. The van der Waals surface area contributed by atoms with Crippen LogP contribution in [0.2, 0.25) is 0 Å². The molecule has 18 heavy (non-hydrogen) atoms. The van der Waals surface area contributed by atoms with Crippen molar-refractivity contribution < 1.29 is 12.8 Å². The topological polar surface area (TPSA) is 78.0 Å². The van der Waals surface area contributed by atoms with E-state index in [1.807, 2.05) is 0 Å². The van der Waals surface area contributed by atoms with Crippen LogP contribution < -0.4 is 5.73 Å². The molecule has 0 fully saturated rings. The van der Waals surface area contributed by atoms with E-state index < -0.39 is 15.7 Å². The number of hydrogen-bond acceptors (Lipinski definition) is 4. The van der Waals surface area contributed by atoms with Crippen LogP contribution in [0.5, 0.6) is 0 Å². The summed E-state index contributed by atoms with van der Waals surface area (Å²) in [4.78, 5) is -0.0967. The number of hydrogen-bond donors (Lipinski definition) is 1. The highest BCUT2D eigenvalue weighted by molar-refractivity contribution is 7.90. The molecule has 1 aromatic carbocycles. The number of nitrogens with two attached hydrogens (primary N) is 1. The Balaban J connectivity index is 2.78. The maximum absolute atomic E-state index is 13.9. The maximum atomic E-state index is 13.9. The second kappa shape index (κ2) is 4.09. The van der Waals surface area contributed by atoms with Gasteiger partial charge in [0.1, 0.15) is 11.6 Å². The molecule has 0 aliphatic rings. The predicted octanol–water partition coefficient (Wildman–Crippen LogP) is 1.21. The summed E-state index contributed by atoms with van der Waals surface area (Å²) < 4.78 is 38.5. The number of nitrogen functional groups attached to an aromatic ring is 1. The highest BCUT2D eigenvalue weighted by atomic mass is 32.2. The van der Waals surface area contributed by atoms with Crippen molar-refractivity contribution in [3.05, 3.63) is 30.1 Å². The molecule has 96 valence electrons. The fourth-order valence-electron chi connectivity index (χ4n) is 1.67. The van der Waals surface area contributed by atoms with E-state index in [1.165, 1.54) is 28.9 Å². The van der Waals surface area contributed by atoms with E-state index in [4.69, 9.17) is 5.73 Å². The molecule has 0 radical (unpaired) electrons. The summed E-state index contributed by atoms with van der Waals surface area (Å²) in [6.07, 6.45) is 1.03. The molecule has 2 aromatic rings. The van der Waals surface area contributed by atoms with Gasteiger partial charge in [0, 0.05) is 19.4 Å². The Morgan fingerprint density at radius 3 is 2.56 bits per heavy atom. The zero-order valence-corrected chi connectivity index (χ0v) is 10.7. The van der Waals surface area contributed by atoms with E-state index in [1.54, 1.807) is 7.05 Å². The highest BCUT2D eigenvalue weighted by Gasteiger charge is 2.20. The Morgan fingerprint density at radius 2 is 2.06 bits per heavy atom. The van der Waals surface area contributed by atoms with E-state index in [9.17, 15) is 12.8 Å². The smallest absolute Gasteiger partial charge is 0.176 e. The third-order valence-electron chi connectivity index (χ3n) is 2.55. The van der Waals surface area contributed by atoms with Crippen molar-refractivity contribution in [1.29, 1.82) is 0 Å². The first-order valence-corrected chi connectivity index (χ1v) is 6.98. The van der Waals surface area contributed by atoms with Crippen LogP contribution in [0.4, 0.5) is 10.2 Å². The van der Waals surface area contributed by atoms with E-state index in [2.05, 4.69) is 5.10 Å². The molecule has 0 amide bonds. The lowest BCUT2D eigenvalue weighted by atomic mass is 10.1. The molecule has 5 nitrogen and oxygen atoms in total. The molecule has 0 bridgehead atoms. The lowest BCUT2D eigenvalue weighted by molar-refractivity contribution is 0.597. The Bertz CT molecular complexity index is 688. The Kier molecular flexibility index (Phi) is 2.86. The molecular formula is C11H12FN3O2S. The summed E-state index contributed by atoms with van der Waals surface area (Å²) in [6, 6.07) is 5.32. The maximum Gasteiger partial charge on any atom is 0.176 e. The molecule has 1 aromatic heterocycles. The Hall–Kier alpha value is -1.89. The van der Waals surface area contributed by atoms with Crippen LogP contribution in [0.1, 0.15) is 0 Å². The molecule has 0 saturated heterocycles. The molecule has 2 N–H and O–H groups in total. The van der Waals surface area contributed by atoms with Crippen molar-refractivity contribution in [1.82, 2.24) is 9.78 Å². The fourth-order valence-corrected chi connectivity index (χ4v) is 2.56. The van der Waals surface area contributed by atoms with Gasteiger partial charge in [-0.05, 0) is 12.1 Å². The summed E-state index contributed by atoms with van der Waals surface area (Å²) in [7, 11) is -1.94. The Labute approximate surface area is 104 Å². The third-order valence-corrected chi connectivity index (χ3v) is 3.69. The number of aromatic nitrogens is 2. The van der Waals surface area contributed by atoms with Crippen LogP contribution in [0.25, 0.3) is 11.3 Å². The van der Waals surface area contributed by atoms with Gasteiger partial charge >= 0.3 is 0 Å². The predicted molar refractivity (Wildman–Crippen MR) is 66.1 cm³/mol. The molecule has 0 unspecified atom stereocenters. The van der Waals surface area contributed by atoms with Gasteiger partial charge in [0.05, 0.1) is 16.2 Å². The first kappa shape index (κ1) is 12.6.